The van der Waals surface area contributed by atoms with E-state index in [1.807, 2.05) is 38.8 Å². The van der Waals surface area contributed by atoms with Gasteiger partial charge in [-0.1, -0.05) is 37.3 Å². The molecule has 0 N–H and O–H groups in total. The van der Waals surface area contributed by atoms with Crippen molar-refractivity contribution < 1.29 is 4.79 Å². The number of rotatable bonds is 7. The Labute approximate surface area is 190 Å². The summed E-state index contributed by atoms with van der Waals surface area (Å²) in [6, 6.07) is 12.5. The van der Waals surface area contributed by atoms with Crippen LogP contribution in [0.5, 0.6) is 0 Å². The number of carbonyl (C=O) groups excluding carboxylic acids is 1. The van der Waals surface area contributed by atoms with Crippen molar-refractivity contribution in [2.45, 2.75) is 32.7 Å². The van der Waals surface area contributed by atoms with Crippen LogP contribution >= 0.6 is 0 Å². The minimum absolute atomic E-state index is 0.203. The van der Waals surface area contributed by atoms with Crippen molar-refractivity contribution in [1.29, 1.82) is 0 Å². The molecule has 1 amide bonds. The molecule has 166 valence electrons. The number of nitrogens with zero attached hydrogens (tertiary/aromatic N) is 5. The highest BCUT2D eigenvalue weighted by molar-refractivity contribution is 5.83. The van der Waals surface area contributed by atoms with Gasteiger partial charge in [0.15, 0.2) is 0 Å². The summed E-state index contributed by atoms with van der Waals surface area (Å²) < 4.78 is 0. The largest absolute Gasteiger partial charge is 0.348 e. The van der Waals surface area contributed by atoms with Crippen molar-refractivity contribution in [3.8, 4) is 11.1 Å². The summed E-state index contributed by atoms with van der Waals surface area (Å²) in [7, 11) is 3.71. The Morgan fingerprint density at radius 2 is 1.78 bits per heavy atom. The molecule has 0 aliphatic carbocycles. The molecule has 1 aliphatic rings. The number of aryl methyl sites for hydroxylation is 1. The summed E-state index contributed by atoms with van der Waals surface area (Å²) in [6.07, 6.45) is 9.90. The second kappa shape index (κ2) is 9.57. The van der Waals surface area contributed by atoms with E-state index in [0.29, 0.717) is 0 Å². The van der Waals surface area contributed by atoms with Gasteiger partial charge < -0.3 is 4.90 Å². The van der Waals surface area contributed by atoms with E-state index in [9.17, 15) is 4.79 Å². The Balaban J connectivity index is 1.50. The highest BCUT2D eigenvalue weighted by atomic mass is 16.2. The Morgan fingerprint density at radius 1 is 1.03 bits per heavy atom. The minimum Gasteiger partial charge on any atom is -0.348 e. The zero-order valence-electron chi connectivity index (χ0n) is 19.2. The molecule has 1 aromatic carbocycles. The topological polar surface area (TPSA) is 62.2 Å². The third kappa shape index (κ3) is 4.86. The zero-order valence-corrected chi connectivity index (χ0v) is 19.2. The molecular formula is C26H31N5O. The number of aromatic nitrogens is 3. The molecule has 0 saturated carbocycles. The average molecular weight is 430 g/mol. The Bertz CT molecular complexity index is 1030. The predicted octanol–water partition coefficient (Wildman–Crippen LogP) is 3.62. The lowest BCUT2D eigenvalue weighted by molar-refractivity contribution is -0.138. The van der Waals surface area contributed by atoms with Crippen LogP contribution in [0.25, 0.3) is 11.1 Å². The summed E-state index contributed by atoms with van der Waals surface area (Å²) in [4.78, 5) is 30.5. The number of carbonyl (C=O) groups is 1. The Kier molecular flexibility index (Phi) is 6.61. The molecule has 2 aromatic heterocycles. The van der Waals surface area contributed by atoms with Gasteiger partial charge in [0.05, 0.1) is 5.41 Å². The van der Waals surface area contributed by atoms with Crippen molar-refractivity contribution >= 4 is 5.91 Å². The molecule has 32 heavy (non-hydrogen) atoms. The monoisotopic (exact) mass is 429 g/mol. The van der Waals surface area contributed by atoms with E-state index < -0.39 is 5.41 Å². The molecule has 0 unspecified atom stereocenters. The smallest absolute Gasteiger partial charge is 0.229 e. The van der Waals surface area contributed by atoms with E-state index in [4.69, 9.17) is 0 Å². The fraction of sp³-hybridized carbons (Fsp3) is 0.385. The molecule has 1 aliphatic heterocycles. The van der Waals surface area contributed by atoms with Gasteiger partial charge in [0.25, 0.3) is 0 Å². The molecule has 1 fully saturated rings. The minimum atomic E-state index is -0.413. The third-order valence-electron chi connectivity index (χ3n) is 6.27. The van der Waals surface area contributed by atoms with Gasteiger partial charge in [-0.15, -0.1) is 0 Å². The first-order valence-electron chi connectivity index (χ1n) is 11.2. The lowest BCUT2D eigenvalue weighted by Crippen LogP contribution is -2.43. The molecule has 1 saturated heterocycles. The van der Waals surface area contributed by atoms with Gasteiger partial charge in [-0.3, -0.25) is 14.7 Å². The number of amides is 1. The third-order valence-corrected chi connectivity index (χ3v) is 6.27. The highest BCUT2D eigenvalue weighted by Crippen LogP contribution is 2.37. The lowest BCUT2D eigenvalue weighted by Gasteiger charge is -2.31. The zero-order chi connectivity index (χ0) is 22.6. The van der Waals surface area contributed by atoms with Crippen molar-refractivity contribution in [3.63, 3.8) is 0 Å². The number of benzene rings is 1. The molecule has 6 nitrogen and oxygen atoms in total. The van der Waals surface area contributed by atoms with Crippen molar-refractivity contribution in [2.75, 3.05) is 27.2 Å². The van der Waals surface area contributed by atoms with Crippen LogP contribution in [0.1, 0.15) is 30.3 Å². The molecule has 1 atom stereocenters. The number of pyridine rings is 1. The van der Waals surface area contributed by atoms with Crippen LogP contribution in [-0.4, -0.2) is 57.8 Å². The van der Waals surface area contributed by atoms with E-state index in [1.165, 1.54) is 5.56 Å². The fourth-order valence-electron chi connectivity index (χ4n) is 4.61. The molecule has 6 heteroatoms. The standard InChI is InChI=1S/C26H31N5O/c1-4-24-28-15-21(16-29-24)18-31-13-11-26(19-31,25(32)30(2)3)14-20-7-9-22(10-8-20)23-6-5-12-27-17-23/h5-10,12,15-17H,4,11,13-14,18-19H2,1-3H3/t26-/m0/s1. The van der Waals surface area contributed by atoms with Crippen LogP contribution in [-0.2, 0) is 24.2 Å². The van der Waals surface area contributed by atoms with Crippen LogP contribution in [0, 0.1) is 5.41 Å². The van der Waals surface area contributed by atoms with Crippen LogP contribution < -0.4 is 0 Å². The summed E-state index contributed by atoms with van der Waals surface area (Å²) in [5, 5.41) is 0. The first-order chi connectivity index (χ1) is 15.5. The average Bonchev–Trinajstić information content (AvgIpc) is 3.23. The van der Waals surface area contributed by atoms with E-state index in [0.717, 1.165) is 61.4 Å². The maximum atomic E-state index is 13.3. The SMILES string of the molecule is CCc1ncc(CN2CC[C@@](Cc3ccc(-c4cccnc4)cc3)(C(=O)N(C)C)C2)cn1. The van der Waals surface area contributed by atoms with Crippen LogP contribution in [0.15, 0.2) is 61.2 Å². The van der Waals surface area contributed by atoms with Crippen LogP contribution in [0.4, 0.5) is 0 Å². The lowest BCUT2D eigenvalue weighted by atomic mass is 9.79. The van der Waals surface area contributed by atoms with Crippen molar-refractivity contribution in [3.05, 3.63) is 78.1 Å². The maximum Gasteiger partial charge on any atom is 0.229 e. The molecule has 0 spiro atoms. The van der Waals surface area contributed by atoms with Gasteiger partial charge in [-0.2, -0.15) is 0 Å². The number of likely N-dealkylation sites (tertiary alicyclic amines) is 1. The quantitative estimate of drug-likeness (QED) is 0.574. The van der Waals surface area contributed by atoms with E-state index in [2.05, 4.69) is 57.1 Å². The molecule has 3 aromatic rings. The van der Waals surface area contributed by atoms with Crippen LogP contribution in [0.2, 0.25) is 0 Å². The van der Waals surface area contributed by atoms with Gasteiger partial charge in [0.1, 0.15) is 5.82 Å². The first-order valence-corrected chi connectivity index (χ1v) is 11.2. The van der Waals surface area contributed by atoms with Gasteiger partial charge in [-0.05, 0) is 42.1 Å². The first kappa shape index (κ1) is 22.1. The van der Waals surface area contributed by atoms with Crippen molar-refractivity contribution in [2.24, 2.45) is 5.41 Å². The van der Waals surface area contributed by atoms with Gasteiger partial charge in [-0.25, -0.2) is 9.97 Å². The highest BCUT2D eigenvalue weighted by Gasteiger charge is 2.45. The fourth-order valence-corrected chi connectivity index (χ4v) is 4.61. The Morgan fingerprint density at radius 3 is 2.41 bits per heavy atom. The van der Waals surface area contributed by atoms with Crippen molar-refractivity contribution in [1.82, 2.24) is 24.8 Å². The molecular weight excluding hydrogens is 398 g/mol. The number of hydrogen-bond acceptors (Lipinski definition) is 5. The molecule has 0 radical (unpaired) electrons. The summed E-state index contributed by atoms with van der Waals surface area (Å²) in [5.41, 5.74) is 4.10. The number of hydrogen-bond donors (Lipinski definition) is 0. The van der Waals surface area contributed by atoms with Gasteiger partial charge in [0.2, 0.25) is 5.91 Å². The van der Waals surface area contributed by atoms with E-state index >= 15 is 0 Å². The normalized spacial score (nSPS) is 18.6. The second-order valence-electron chi connectivity index (χ2n) is 8.92. The predicted molar refractivity (Wildman–Crippen MR) is 126 cm³/mol. The maximum absolute atomic E-state index is 13.3. The molecule has 4 rings (SSSR count). The summed E-state index contributed by atoms with van der Waals surface area (Å²) in [5.74, 6) is 1.07. The van der Waals surface area contributed by atoms with Gasteiger partial charge in [0, 0.05) is 64.0 Å². The van der Waals surface area contributed by atoms with Gasteiger partial charge >= 0.3 is 0 Å². The second-order valence-corrected chi connectivity index (χ2v) is 8.92. The van der Waals surface area contributed by atoms with Crippen LogP contribution in [0.3, 0.4) is 0 Å². The molecule has 3 heterocycles. The molecule has 0 bridgehead atoms. The van der Waals surface area contributed by atoms with E-state index in [1.54, 1.807) is 11.1 Å². The summed E-state index contributed by atoms with van der Waals surface area (Å²) >= 11 is 0. The van der Waals surface area contributed by atoms with E-state index in [-0.39, 0.29) is 5.91 Å². The Hall–Kier alpha value is -3.12. The summed E-state index contributed by atoms with van der Waals surface area (Å²) in [6.45, 7) is 4.46.